The molecule has 1 fully saturated rings. The normalized spacial score (nSPS) is 20.3. The van der Waals surface area contributed by atoms with Gasteiger partial charge in [0.2, 0.25) is 0 Å². The van der Waals surface area contributed by atoms with Gasteiger partial charge in [-0.15, -0.1) is 0 Å². The van der Waals surface area contributed by atoms with E-state index in [2.05, 4.69) is 5.32 Å². The van der Waals surface area contributed by atoms with Gasteiger partial charge in [0, 0.05) is 18.2 Å². The topological polar surface area (TPSA) is 21.3 Å². The van der Waals surface area contributed by atoms with Gasteiger partial charge in [0.05, 0.1) is 0 Å². The maximum absolute atomic E-state index is 13.2. The van der Waals surface area contributed by atoms with Crippen molar-refractivity contribution in [3.8, 4) is 5.75 Å². The molecule has 0 aromatic heterocycles. The summed E-state index contributed by atoms with van der Waals surface area (Å²) in [7, 11) is 0. The lowest BCUT2D eigenvalue weighted by Gasteiger charge is -2.23. The minimum absolute atomic E-state index is 0.104. The Kier molecular flexibility index (Phi) is 3.89. The van der Waals surface area contributed by atoms with Crippen LogP contribution in [0.25, 0.3) is 0 Å². The van der Waals surface area contributed by atoms with Crippen LogP contribution >= 0.6 is 0 Å². The molecule has 1 atom stereocenters. The van der Waals surface area contributed by atoms with Crippen LogP contribution in [-0.4, -0.2) is 19.2 Å². The second-order valence-corrected chi connectivity index (χ2v) is 4.16. The summed E-state index contributed by atoms with van der Waals surface area (Å²) in [6.07, 6.45) is 3.11. The lowest BCUT2D eigenvalue weighted by molar-refractivity contribution is 0.221. The van der Waals surface area contributed by atoms with Gasteiger partial charge in [-0.2, -0.15) is 0 Å². The summed E-state index contributed by atoms with van der Waals surface area (Å²) in [4.78, 5) is 0. The number of halogens is 3. The zero-order valence-corrected chi connectivity index (χ0v) is 9.31. The van der Waals surface area contributed by atoms with Crippen molar-refractivity contribution in [3.05, 3.63) is 29.6 Å². The third-order valence-corrected chi connectivity index (χ3v) is 2.80. The lowest BCUT2D eigenvalue weighted by atomic mass is 10.1. The van der Waals surface area contributed by atoms with E-state index in [9.17, 15) is 13.2 Å². The van der Waals surface area contributed by atoms with Crippen molar-refractivity contribution < 1.29 is 17.9 Å². The van der Waals surface area contributed by atoms with E-state index in [1.807, 2.05) is 0 Å². The minimum atomic E-state index is -1.00. The average molecular weight is 245 g/mol. The molecule has 0 spiro atoms. The predicted octanol–water partition coefficient (Wildman–Crippen LogP) is 2.62. The maximum atomic E-state index is 13.2. The Balaban J connectivity index is 1.98. The van der Waals surface area contributed by atoms with Crippen molar-refractivity contribution >= 4 is 0 Å². The second-order valence-electron chi connectivity index (χ2n) is 4.16. The van der Waals surface area contributed by atoms with Crippen LogP contribution in [0, 0.1) is 17.5 Å². The van der Waals surface area contributed by atoms with Crippen LogP contribution in [0.5, 0.6) is 5.75 Å². The monoisotopic (exact) mass is 245 g/mol. The molecule has 1 aromatic rings. The Morgan fingerprint density at radius 2 is 1.88 bits per heavy atom. The quantitative estimate of drug-likeness (QED) is 0.883. The minimum Gasteiger partial charge on any atom is -0.486 e. The Labute approximate surface area is 97.8 Å². The van der Waals surface area contributed by atoms with Gasteiger partial charge in [-0.3, -0.25) is 0 Å². The molecule has 0 radical (unpaired) electrons. The molecule has 17 heavy (non-hydrogen) atoms. The molecule has 0 amide bonds. The van der Waals surface area contributed by atoms with Crippen LogP contribution in [0.4, 0.5) is 13.2 Å². The van der Waals surface area contributed by atoms with Crippen LogP contribution in [-0.2, 0) is 0 Å². The Hall–Kier alpha value is -1.23. The van der Waals surface area contributed by atoms with Gasteiger partial charge >= 0.3 is 0 Å². The Morgan fingerprint density at radius 1 is 1.18 bits per heavy atom. The highest BCUT2D eigenvalue weighted by atomic mass is 19.1. The van der Waals surface area contributed by atoms with Crippen molar-refractivity contribution in [3.63, 3.8) is 0 Å². The van der Waals surface area contributed by atoms with Crippen molar-refractivity contribution in [2.45, 2.75) is 25.3 Å². The molecule has 1 unspecified atom stereocenters. The van der Waals surface area contributed by atoms with E-state index in [0.717, 1.165) is 25.8 Å². The number of hydrogen-bond acceptors (Lipinski definition) is 2. The molecular weight excluding hydrogens is 231 g/mol. The van der Waals surface area contributed by atoms with Gasteiger partial charge < -0.3 is 10.1 Å². The number of hydrogen-bond donors (Lipinski definition) is 1. The van der Waals surface area contributed by atoms with Gasteiger partial charge in [0.1, 0.15) is 12.4 Å². The summed E-state index contributed by atoms with van der Waals surface area (Å²) in [6.45, 7) is 1.09. The number of rotatable bonds is 3. The zero-order chi connectivity index (χ0) is 12.3. The molecule has 1 heterocycles. The summed E-state index contributed by atoms with van der Waals surface area (Å²) >= 11 is 0. The number of ether oxygens (including phenoxy) is 1. The summed E-state index contributed by atoms with van der Waals surface area (Å²) in [5.41, 5.74) is 0. The molecule has 5 heteroatoms. The smallest absolute Gasteiger partial charge is 0.190 e. The van der Waals surface area contributed by atoms with Gasteiger partial charge in [-0.25, -0.2) is 13.2 Å². The van der Waals surface area contributed by atoms with Crippen LogP contribution in [0.15, 0.2) is 12.1 Å². The van der Waals surface area contributed by atoms with Crippen molar-refractivity contribution in [1.29, 1.82) is 0 Å². The molecule has 1 aromatic carbocycles. The summed E-state index contributed by atoms with van der Waals surface area (Å²) in [6, 6.07) is 1.34. The molecule has 0 saturated carbocycles. The van der Waals surface area contributed by atoms with E-state index in [0.29, 0.717) is 12.1 Å². The summed E-state index contributed by atoms with van der Waals surface area (Å²) in [5, 5.41) is 3.20. The highest BCUT2D eigenvalue weighted by Gasteiger charge is 2.17. The summed E-state index contributed by atoms with van der Waals surface area (Å²) in [5.74, 6) is -3.45. The molecule has 0 aliphatic carbocycles. The average Bonchev–Trinajstić information content (AvgIpc) is 2.29. The van der Waals surface area contributed by atoms with Gasteiger partial charge in [-0.1, -0.05) is 6.42 Å². The standard InChI is InChI=1S/C12H14F3NO/c13-8-5-10(14)12(11(15)6-8)17-7-9-3-1-2-4-16-9/h5-6,9,16H,1-4,7H2. The zero-order valence-electron chi connectivity index (χ0n) is 9.31. The van der Waals surface area contributed by atoms with E-state index >= 15 is 0 Å². The van der Waals surface area contributed by atoms with E-state index in [1.54, 1.807) is 0 Å². The molecule has 2 nitrogen and oxygen atoms in total. The van der Waals surface area contributed by atoms with Gasteiger partial charge in [0.15, 0.2) is 17.4 Å². The van der Waals surface area contributed by atoms with E-state index in [1.165, 1.54) is 0 Å². The molecule has 94 valence electrons. The number of piperidine rings is 1. The van der Waals surface area contributed by atoms with Crippen LogP contribution in [0.1, 0.15) is 19.3 Å². The molecule has 1 N–H and O–H groups in total. The molecule has 1 saturated heterocycles. The first-order chi connectivity index (χ1) is 8.16. The molecule has 0 bridgehead atoms. The molecule has 2 rings (SSSR count). The largest absolute Gasteiger partial charge is 0.486 e. The van der Waals surface area contributed by atoms with Crippen LogP contribution in [0.3, 0.4) is 0 Å². The Morgan fingerprint density at radius 3 is 2.47 bits per heavy atom. The highest BCUT2D eigenvalue weighted by Crippen LogP contribution is 2.23. The van der Waals surface area contributed by atoms with E-state index in [-0.39, 0.29) is 12.6 Å². The maximum Gasteiger partial charge on any atom is 0.190 e. The fourth-order valence-electron chi connectivity index (χ4n) is 1.92. The third kappa shape index (κ3) is 3.12. The van der Waals surface area contributed by atoms with Crippen molar-refractivity contribution in [1.82, 2.24) is 5.32 Å². The highest BCUT2D eigenvalue weighted by molar-refractivity contribution is 5.27. The van der Waals surface area contributed by atoms with Crippen molar-refractivity contribution in [2.75, 3.05) is 13.2 Å². The molecule has 1 aliphatic rings. The predicted molar refractivity (Wildman–Crippen MR) is 57.5 cm³/mol. The van der Waals surface area contributed by atoms with Crippen LogP contribution < -0.4 is 10.1 Å². The fraction of sp³-hybridized carbons (Fsp3) is 0.500. The SMILES string of the molecule is Fc1cc(F)c(OCC2CCCCN2)c(F)c1. The first kappa shape index (κ1) is 12.2. The van der Waals surface area contributed by atoms with Gasteiger partial charge in [0.25, 0.3) is 0 Å². The second kappa shape index (κ2) is 5.40. The van der Waals surface area contributed by atoms with E-state index in [4.69, 9.17) is 4.74 Å². The third-order valence-electron chi connectivity index (χ3n) is 2.80. The molecular formula is C12H14F3NO. The van der Waals surface area contributed by atoms with Gasteiger partial charge in [-0.05, 0) is 19.4 Å². The van der Waals surface area contributed by atoms with Crippen molar-refractivity contribution in [2.24, 2.45) is 0 Å². The number of nitrogens with one attached hydrogen (secondary N) is 1. The lowest BCUT2D eigenvalue weighted by Crippen LogP contribution is -2.38. The molecule has 1 aliphatic heterocycles. The first-order valence-electron chi connectivity index (χ1n) is 5.67. The first-order valence-corrected chi connectivity index (χ1v) is 5.67. The van der Waals surface area contributed by atoms with Crippen LogP contribution in [0.2, 0.25) is 0 Å². The fourth-order valence-corrected chi connectivity index (χ4v) is 1.92. The Bertz CT molecular complexity index is 368. The van der Waals surface area contributed by atoms with E-state index < -0.39 is 23.2 Å². The summed E-state index contributed by atoms with van der Waals surface area (Å²) < 4.78 is 44.2. The number of benzene rings is 1.